The van der Waals surface area contributed by atoms with E-state index in [1.54, 1.807) is 12.1 Å². The zero-order valence-corrected chi connectivity index (χ0v) is 8.88. The van der Waals surface area contributed by atoms with Crippen molar-refractivity contribution in [3.63, 3.8) is 0 Å². The van der Waals surface area contributed by atoms with Crippen molar-refractivity contribution in [2.75, 3.05) is 6.61 Å². The van der Waals surface area contributed by atoms with Gasteiger partial charge in [0.2, 0.25) is 0 Å². The number of hydrogen-bond acceptors (Lipinski definition) is 2. The third-order valence-electron chi connectivity index (χ3n) is 1.73. The Labute approximate surface area is 88.8 Å². The number of ether oxygens (including phenoxy) is 1. The average Bonchev–Trinajstić information content (AvgIpc) is 2.18. The molecule has 0 aliphatic heterocycles. The van der Waals surface area contributed by atoms with Crippen LogP contribution in [0.25, 0.3) is 0 Å². The van der Waals surface area contributed by atoms with Crippen molar-refractivity contribution < 1.29 is 9.53 Å². The normalized spacial score (nSPS) is 9.86. The maximum absolute atomic E-state index is 11.2. The number of benzene rings is 1. The van der Waals surface area contributed by atoms with E-state index in [-0.39, 0.29) is 5.97 Å². The van der Waals surface area contributed by atoms with Gasteiger partial charge in [-0.2, -0.15) is 0 Å². The van der Waals surface area contributed by atoms with Crippen LogP contribution in [0.15, 0.2) is 24.3 Å². The molecule has 1 aromatic carbocycles. The SMILES string of the molecule is CCCOC(=O)Cc1ccc(Cl)cc1. The van der Waals surface area contributed by atoms with Crippen LogP contribution in [-0.4, -0.2) is 12.6 Å². The molecule has 0 spiro atoms. The highest BCUT2D eigenvalue weighted by molar-refractivity contribution is 6.30. The Balaban J connectivity index is 2.44. The zero-order chi connectivity index (χ0) is 10.4. The molecule has 0 saturated heterocycles. The summed E-state index contributed by atoms with van der Waals surface area (Å²) in [5, 5.41) is 0.677. The first-order chi connectivity index (χ1) is 6.72. The van der Waals surface area contributed by atoms with Crippen molar-refractivity contribution in [3.8, 4) is 0 Å². The Morgan fingerprint density at radius 2 is 2.00 bits per heavy atom. The minimum absolute atomic E-state index is 0.186. The predicted molar refractivity (Wildman–Crippen MR) is 56.4 cm³/mol. The zero-order valence-electron chi connectivity index (χ0n) is 8.13. The van der Waals surface area contributed by atoms with Gasteiger partial charge in [-0.3, -0.25) is 4.79 Å². The van der Waals surface area contributed by atoms with Crippen LogP contribution in [0, 0.1) is 0 Å². The maximum atomic E-state index is 11.2. The van der Waals surface area contributed by atoms with Crippen molar-refractivity contribution in [1.29, 1.82) is 0 Å². The van der Waals surface area contributed by atoms with Gasteiger partial charge in [0, 0.05) is 5.02 Å². The summed E-state index contributed by atoms with van der Waals surface area (Å²) in [5.41, 5.74) is 0.926. The summed E-state index contributed by atoms with van der Waals surface area (Å²) in [7, 11) is 0. The van der Waals surface area contributed by atoms with Gasteiger partial charge in [-0.05, 0) is 24.1 Å². The second-order valence-electron chi connectivity index (χ2n) is 3.02. The lowest BCUT2D eigenvalue weighted by Gasteiger charge is -2.02. The lowest BCUT2D eigenvalue weighted by atomic mass is 10.1. The van der Waals surface area contributed by atoms with Gasteiger partial charge in [-0.25, -0.2) is 0 Å². The van der Waals surface area contributed by atoms with Gasteiger partial charge < -0.3 is 4.74 Å². The number of halogens is 1. The van der Waals surface area contributed by atoms with E-state index < -0.39 is 0 Å². The molecule has 0 aromatic heterocycles. The van der Waals surface area contributed by atoms with Crippen molar-refractivity contribution in [3.05, 3.63) is 34.9 Å². The van der Waals surface area contributed by atoms with Gasteiger partial charge in [-0.15, -0.1) is 0 Å². The van der Waals surface area contributed by atoms with Gasteiger partial charge in [0.25, 0.3) is 0 Å². The van der Waals surface area contributed by atoms with E-state index >= 15 is 0 Å². The van der Waals surface area contributed by atoms with Gasteiger partial charge in [0.1, 0.15) is 0 Å². The van der Waals surface area contributed by atoms with Crippen LogP contribution in [0.1, 0.15) is 18.9 Å². The van der Waals surface area contributed by atoms with Gasteiger partial charge >= 0.3 is 5.97 Å². The first-order valence-electron chi connectivity index (χ1n) is 4.62. The fourth-order valence-corrected chi connectivity index (χ4v) is 1.16. The second-order valence-corrected chi connectivity index (χ2v) is 3.46. The summed E-state index contributed by atoms with van der Waals surface area (Å²) in [5.74, 6) is -0.186. The van der Waals surface area contributed by atoms with Crippen LogP contribution in [-0.2, 0) is 16.0 Å². The molecule has 1 aromatic rings. The van der Waals surface area contributed by atoms with Crippen LogP contribution in [0.3, 0.4) is 0 Å². The number of rotatable bonds is 4. The molecule has 1 rings (SSSR count). The fourth-order valence-electron chi connectivity index (χ4n) is 1.04. The highest BCUT2D eigenvalue weighted by Gasteiger charge is 2.03. The molecule has 0 fully saturated rings. The van der Waals surface area contributed by atoms with Gasteiger partial charge in [-0.1, -0.05) is 30.7 Å². The highest BCUT2D eigenvalue weighted by Crippen LogP contribution is 2.10. The molecule has 0 atom stereocenters. The molecule has 14 heavy (non-hydrogen) atoms. The van der Waals surface area contributed by atoms with Crippen molar-refractivity contribution >= 4 is 17.6 Å². The molecule has 0 radical (unpaired) electrons. The molecule has 0 N–H and O–H groups in total. The van der Waals surface area contributed by atoms with E-state index in [4.69, 9.17) is 16.3 Å². The monoisotopic (exact) mass is 212 g/mol. The molecule has 0 bridgehead atoms. The lowest BCUT2D eigenvalue weighted by Crippen LogP contribution is -2.08. The number of hydrogen-bond donors (Lipinski definition) is 0. The van der Waals surface area contributed by atoms with E-state index in [0.29, 0.717) is 18.1 Å². The first kappa shape index (κ1) is 11.1. The minimum Gasteiger partial charge on any atom is -0.465 e. The number of esters is 1. The third kappa shape index (κ3) is 3.79. The summed E-state index contributed by atoms with van der Waals surface area (Å²) in [6.07, 6.45) is 1.17. The summed E-state index contributed by atoms with van der Waals surface area (Å²) in [4.78, 5) is 11.2. The van der Waals surface area contributed by atoms with E-state index in [1.165, 1.54) is 0 Å². The first-order valence-corrected chi connectivity index (χ1v) is 5.00. The Bertz CT molecular complexity index is 293. The molecule has 2 nitrogen and oxygen atoms in total. The van der Waals surface area contributed by atoms with Gasteiger partial charge in [0.15, 0.2) is 0 Å². The van der Waals surface area contributed by atoms with Crippen molar-refractivity contribution in [2.24, 2.45) is 0 Å². The summed E-state index contributed by atoms with van der Waals surface area (Å²) in [6.45, 7) is 2.46. The highest BCUT2D eigenvalue weighted by atomic mass is 35.5. The third-order valence-corrected chi connectivity index (χ3v) is 1.98. The van der Waals surface area contributed by atoms with E-state index in [9.17, 15) is 4.79 Å². The Morgan fingerprint density at radius 1 is 1.36 bits per heavy atom. The van der Waals surface area contributed by atoms with E-state index in [2.05, 4.69) is 0 Å². The molecule has 0 unspecified atom stereocenters. The van der Waals surface area contributed by atoms with Crippen LogP contribution in [0.2, 0.25) is 5.02 Å². The fraction of sp³-hybridized carbons (Fsp3) is 0.364. The smallest absolute Gasteiger partial charge is 0.310 e. The second kappa shape index (κ2) is 5.66. The molecule has 3 heteroatoms. The molecular formula is C11H13ClO2. The number of carbonyl (C=O) groups is 1. The molecule has 0 aliphatic rings. The van der Waals surface area contributed by atoms with Crippen molar-refractivity contribution in [1.82, 2.24) is 0 Å². The largest absolute Gasteiger partial charge is 0.465 e. The van der Waals surface area contributed by atoms with Crippen LogP contribution < -0.4 is 0 Å². The Kier molecular flexibility index (Phi) is 4.47. The average molecular weight is 213 g/mol. The molecular weight excluding hydrogens is 200 g/mol. The topological polar surface area (TPSA) is 26.3 Å². The lowest BCUT2D eigenvalue weighted by molar-refractivity contribution is -0.142. The predicted octanol–water partition coefficient (Wildman–Crippen LogP) is 2.84. The van der Waals surface area contributed by atoms with Crippen LogP contribution in [0.5, 0.6) is 0 Å². The molecule has 0 saturated carbocycles. The van der Waals surface area contributed by atoms with E-state index in [0.717, 1.165) is 12.0 Å². The molecule has 0 aliphatic carbocycles. The van der Waals surface area contributed by atoms with Crippen LogP contribution >= 0.6 is 11.6 Å². The molecule has 0 heterocycles. The summed E-state index contributed by atoms with van der Waals surface area (Å²) in [6, 6.07) is 7.19. The Hall–Kier alpha value is -1.02. The van der Waals surface area contributed by atoms with Gasteiger partial charge in [0.05, 0.1) is 13.0 Å². The molecule has 0 amide bonds. The minimum atomic E-state index is -0.186. The maximum Gasteiger partial charge on any atom is 0.310 e. The van der Waals surface area contributed by atoms with Crippen LogP contribution in [0.4, 0.5) is 0 Å². The summed E-state index contributed by atoms with van der Waals surface area (Å²) >= 11 is 5.72. The van der Waals surface area contributed by atoms with E-state index in [1.807, 2.05) is 19.1 Å². The number of carbonyl (C=O) groups excluding carboxylic acids is 1. The van der Waals surface area contributed by atoms with Crippen molar-refractivity contribution in [2.45, 2.75) is 19.8 Å². The summed E-state index contributed by atoms with van der Waals surface area (Å²) < 4.78 is 4.95. The standard InChI is InChI=1S/C11H13ClO2/c1-2-7-14-11(13)8-9-3-5-10(12)6-4-9/h3-6H,2,7-8H2,1H3. The Morgan fingerprint density at radius 3 is 2.57 bits per heavy atom. The molecule has 76 valence electrons. The quantitative estimate of drug-likeness (QED) is 0.718.